The number of carbonyl (C=O) groups is 1. The van der Waals surface area contributed by atoms with Crippen molar-refractivity contribution in [2.45, 2.75) is 52.7 Å². The van der Waals surface area contributed by atoms with Crippen molar-refractivity contribution in [3.05, 3.63) is 47.0 Å². The Morgan fingerprint density at radius 1 is 1.40 bits per heavy atom. The highest BCUT2D eigenvalue weighted by atomic mass is 19.1. The van der Waals surface area contributed by atoms with Crippen LogP contribution in [0.25, 0.3) is 0 Å². The number of aryl methyl sites for hydroxylation is 2. The maximum absolute atomic E-state index is 14.6. The maximum Gasteiger partial charge on any atom is 0.269 e. The number of nitrogens with zero attached hydrogens (tertiary/aromatic N) is 2. The quantitative estimate of drug-likeness (QED) is 0.793. The normalized spacial score (nSPS) is 12.0. The number of halogens is 1. The molecule has 1 N–H and O–H groups in total. The largest absolute Gasteiger partial charge is 0.488 e. The molecule has 136 valence electrons. The van der Waals surface area contributed by atoms with Crippen molar-refractivity contribution in [3.63, 3.8) is 0 Å². The van der Waals surface area contributed by atoms with Crippen molar-refractivity contribution in [2.75, 3.05) is 0 Å². The lowest BCUT2D eigenvalue weighted by Gasteiger charge is -2.16. The molecule has 1 unspecified atom stereocenters. The van der Waals surface area contributed by atoms with Gasteiger partial charge in [0.15, 0.2) is 11.6 Å². The molecule has 1 aromatic carbocycles. The van der Waals surface area contributed by atoms with Crippen LogP contribution >= 0.6 is 0 Å². The standard InChI is InChI=1S/C19H26FN3O2/c1-5-8-13(3)25-17-10-7-9-14(18(17)20)12-21-19(24)16-11-15(6-2)22-23(16)4/h7,9-11,13H,5-6,8,12H2,1-4H3,(H,21,24). The molecule has 0 radical (unpaired) electrons. The van der Waals surface area contributed by atoms with Gasteiger partial charge in [0.2, 0.25) is 0 Å². The molecule has 1 amide bonds. The molecule has 25 heavy (non-hydrogen) atoms. The first-order valence-electron chi connectivity index (χ1n) is 8.71. The van der Waals surface area contributed by atoms with Gasteiger partial charge in [-0.15, -0.1) is 0 Å². The summed E-state index contributed by atoms with van der Waals surface area (Å²) in [5.74, 6) is -0.480. The Hall–Kier alpha value is -2.37. The number of amides is 1. The van der Waals surface area contributed by atoms with Gasteiger partial charge in [-0.05, 0) is 31.9 Å². The average molecular weight is 347 g/mol. The zero-order valence-corrected chi connectivity index (χ0v) is 15.3. The van der Waals surface area contributed by atoms with Crippen molar-refractivity contribution in [1.82, 2.24) is 15.1 Å². The van der Waals surface area contributed by atoms with Gasteiger partial charge in [-0.2, -0.15) is 5.10 Å². The molecule has 2 rings (SSSR count). The summed E-state index contributed by atoms with van der Waals surface area (Å²) in [6.45, 7) is 6.05. The summed E-state index contributed by atoms with van der Waals surface area (Å²) >= 11 is 0. The minimum Gasteiger partial charge on any atom is -0.488 e. The van der Waals surface area contributed by atoms with E-state index in [9.17, 15) is 9.18 Å². The summed E-state index contributed by atoms with van der Waals surface area (Å²) in [4.78, 5) is 12.3. The van der Waals surface area contributed by atoms with E-state index in [1.807, 2.05) is 13.8 Å². The van der Waals surface area contributed by atoms with Crippen LogP contribution in [-0.2, 0) is 20.0 Å². The number of hydrogen-bond acceptors (Lipinski definition) is 3. The number of rotatable bonds is 8. The highest BCUT2D eigenvalue weighted by molar-refractivity contribution is 5.92. The number of nitrogens with one attached hydrogen (secondary N) is 1. The Labute approximate surface area is 148 Å². The average Bonchev–Trinajstić information content (AvgIpc) is 2.96. The predicted octanol–water partition coefficient (Wildman–Crippen LogP) is 3.62. The van der Waals surface area contributed by atoms with Crippen molar-refractivity contribution < 1.29 is 13.9 Å². The first kappa shape index (κ1) is 19.0. The van der Waals surface area contributed by atoms with Crippen molar-refractivity contribution >= 4 is 5.91 Å². The minimum atomic E-state index is -0.426. The molecule has 1 heterocycles. The molecule has 1 aromatic heterocycles. The lowest BCUT2D eigenvalue weighted by Crippen LogP contribution is -2.25. The predicted molar refractivity (Wildman–Crippen MR) is 95.2 cm³/mol. The van der Waals surface area contributed by atoms with E-state index in [0.29, 0.717) is 11.3 Å². The van der Waals surface area contributed by atoms with E-state index < -0.39 is 5.82 Å². The van der Waals surface area contributed by atoms with Crippen LogP contribution < -0.4 is 10.1 Å². The molecule has 0 spiro atoms. The van der Waals surface area contributed by atoms with Crippen molar-refractivity contribution in [2.24, 2.45) is 7.05 Å². The van der Waals surface area contributed by atoms with Crippen LogP contribution in [0.15, 0.2) is 24.3 Å². The topological polar surface area (TPSA) is 56.1 Å². The Kier molecular flexibility index (Phi) is 6.56. The second-order valence-corrected chi connectivity index (χ2v) is 6.13. The Balaban J connectivity index is 2.05. The van der Waals surface area contributed by atoms with Crippen LogP contribution in [-0.4, -0.2) is 21.8 Å². The summed E-state index contributed by atoms with van der Waals surface area (Å²) in [7, 11) is 1.72. The fraction of sp³-hybridized carbons (Fsp3) is 0.474. The first-order valence-corrected chi connectivity index (χ1v) is 8.71. The summed E-state index contributed by atoms with van der Waals surface area (Å²) in [5, 5.41) is 6.99. The Morgan fingerprint density at radius 2 is 2.16 bits per heavy atom. The molecular formula is C19H26FN3O2. The monoisotopic (exact) mass is 347 g/mol. The zero-order valence-electron chi connectivity index (χ0n) is 15.3. The van der Waals surface area contributed by atoms with E-state index in [4.69, 9.17) is 4.74 Å². The summed E-state index contributed by atoms with van der Waals surface area (Å²) in [6.07, 6.45) is 2.54. The van der Waals surface area contributed by atoms with Gasteiger partial charge in [0.1, 0.15) is 5.69 Å². The van der Waals surface area contributed by atoms with Crippen LogP contribution in [0.4, 0.5) is 4.39 Å². The molecule has 0 saturated heterocycles. The fourth-order valence-electron chi connectivity index (χ4n) is 2.64. The molecule has 0 aliphatic rings. The molecule has 0 saturated carbocycles. The van der Waals surface area contributed by atoms with E-state index in [-0.39, 0.29) is 24.3 Å². The van der Waals surface area contributed by atoms with Crippen LogP contribution in [0.3, 0.4) is 0 Å². The Morgan fingerprint density at radius 3 is 2.80 bits per heavy atom. The summed E-state index contributed by atoms with van der Waals surface area (Å²) in [5.41, 5.74) is 1.70. The highest BCUT2D eigenvalue weighted by Crippen LogP contribution is 2.22. The highest BCUT2D eigenvalue weighted by Gasteiger charge is 2.15. The molecule has 0 aliphatic carbocycles. The molecule has 1 atom stereocenters. The molecule has 0 aliphatic heterocycles. The van der Waals surface area contributed by atoms with Crippen LogP contribution in [0, 0.1) is 5.82 Å². The number of hydrogen-bond donors (Lipinski definition) is 1. The van der Waals surface area contributed by atoms with Gasteiger partial charge in [0, 0.05) is 19.2 Å². The van der Waals surface area contributed by atoms with E-state index >= 15 is 0 Å². The first-order chi connectivity index (χ1) is 12.0. The van der Waals surface area contributed by atoms with Gasteiger partial charge in [-0.1, -0.05) is 32.4 Å². The number of benzene rings is 1. The molecule has 0 fully saturated rings. The van der Waals surface area contributed by atoms with Crippen LogP contribution in [0.1, 0.15) is 55.4 Å². The lowest BCUT2D eigenvalue weighted by atomic mass is 10.2. The molecular weight excluding hydrogens is 321 g/mol. The third kappa shape index (κ3) is 4.81. The molecule has 0 bridgehead atoms. The van der Waals surface area contributed by atoms with Gasteiger partial charge in [-0.3, -0.25) is 9.48 Å². The summed E-state index contributed by atoms with van der Waals surface area (Å²) < 4.78 is 21.8. The third-order valence-corrected chi connectivity index (χ3v) is 4.03. The minimum absolute atomic E-state index is 0.0498. The second kappa shape index (κ2) is 8.65. The second-order valence-electron chi connectivity index (χ2n) is 6.13. The fourth-order valence-corrected chi connectivity index (χ4v) is 2.64. The van der Waals surface area contributed by atoms with Gasteiger partial charge in [-0.25, -0.2) is 4.39 Å². The van der Waals surface area contributed by atoms with E-state index in [0.717, 1.165) is 25.0 Å². The van der Waals surface area contributed by atoms with Gasteiger partial charge in [0.25, 0.3) is 5.91 Å². The maximum atomic E-state index is 14.6. The number of carbonyl (C=O) groups excluding carboxylic acids is 1. The lowest BCUT2D eigenvalue weighted by molar-refractivity contribution is 0.0941. The van der Waals surface area contributed by atoms with Gasteiger partial charge >= 0.3 is 0 Å². The molecule has 5 nitrogen and oxygen atoms in total. The third-order valence-electron chi connectivity index (χ3n) is 4.03. The number of ether oxygens (including phenoxy) is 1. The zero-order chi connectivity index (χ0) is 18.4. The smallest absolute Gasteiger partial charge is 0.269 e. The summed E-state index contributed by atoms with van der Waals surface area (Å²) in [6, 6.07) is 6.74. The van der Waals surface area contributed by atoms with Crippen molar-refractivity contribution in [1.29, 1.82) is 0 Å². The van der Waals surface area contributed by atoms with Crippen LogP contribution in [0.2, 0.25) is 0 Å². The van der Waals surface area contributed by atoms with Gasteiger partial charge in [0.05, 0.1) is 11.8 Å². The number of aromatic nitrogens is 2. The van der Waals surface area contributed by atoms with Gasteiger partial charge < -0.3 is 10.1 Å². The molecule has 2 aromatic rings. The molecule has 6 heteroatoms. The van der Waals surface area contributed by atoms with E-state index in [1.54, 1.807) is 31.3 Å². The van der Waals surface area contributed by atoms with E-state index in [1.165, 1.54) is 4.68 Å². The van der Waals surface area contributed by atoms with E-state index in [2.05, 4.69) is 17.3 Å². The SMILES string of the molecule is CCCC(C)Oc1cccc(CNC(=O)c2cc(CC)nn2C)c1F. The Bertz CT molecular complexity index is 727. The van der Waals surface area contributed by atoms with Crippen LogP contribution in [0.5, 0.6) is 5.75 Å². The van der Waals surface area contributed by atoms with Crippen molar-refractivity contribution in [3.8, 4) is 5.75 Å².